The number of pyridine rings is 1. The number of benzene rings is 1. The van der Waals surface area contributed by atoms with E-state index in [1.165, 1.54) is 17.1 Å². The Morgan fingerprint density at radius 3 is 2.74 bits per heavy atom. The zero-order valence-corrected chi connectivity index (χ0v) is 11.0. The van der Waals surface area contributed by atoms with Crippen LogP contribution < -0.4 is 5.32 Å². The summed E-state index contributed by atoms with van der Waals surface area (Å²) in [7, 11) is 0. The summed E-state index contributed by atoms with van der Waals surface area (Å²) in [6, 6.07) is 14.1. The van der Waals surface area contributed by atoms with Gasteiger partial charge in [-0.15, -0.1) is 0 Å². The van der Waals surface area contributed by atoms with Gasteiger partial charge in [0.15, 0.2) is 5.82 Å². The highest BCUT2D eigenvalue weighted by atomic mass is 32.1. The number of hydrogen-bond acceptors (Lipinski definition) is 5. The van der Waals surface area contributed by atoms with E-state index in [1.807, 2.05) is 30.3 Å². The van der Waals surface area contributed by atoms with E-state index >= 15 is 0 Å². The van der Waals surface area contributed by atoms with Crippen molar-refractivity contribution in [3.05, 3.63) is 60.4 Å². The van der Waals surface area contributed by atoms with E-state index < -0.39 is 0 Å². The molecule has 19 heavy (non-hydrogen) atoms. The Labute approximate surface area is 115 Å². The lowest BCUT2D eigenvalue weighted by molar-refractivity contribution is 1.13. The fraction of sp³-hybridized carbons (Fsp3) is 0.0714. The molecule has 0 radical (unpaired) electrons. The fourth-order valence-corrected chi connectivity index (χ4v) is 2.26. The Morgan fingerprint density at radius 2 is 1.95 bits per heavy atom. The Bertz CT molecular complexity index is 637. The van der Waals surface area contributed by atoms with Crippen LogP contribution in [0.1, 0.15) is 5.56 Å². The molecule has 0 saturated heterocycles. The minimum Gasteiger partial charge on any atom is -0.356 e. The van der Waals surface area contributed by atoms with Crippen molar-refractivity contribution in [3.63, 3.8) is 0 Å². The molecule has 5 heteroatoms. The van der Waals surface area contributed by atoms with Gasteiger partial charge in [0.2, 0.25) is 5.13 Å². The summed E-state index contributed by atoms with van der Waals surface area (Å²) in [5.74, 6) is 0.716. The lowest BCUT2D eigenvalue weighted by Crippen LogP contribution is -1.98. The van der Waals surface area contributed by atoms with E-state index in [4.69, 9.17) is 0 Å². The topological polar surface area (TPSA) is 50.7 Å². The van der Waals surface area contributed by atoms with Crippen LogP contribution in [0.3, 0.4) is 0 Å². The second-order valence-electron chi connectivity index (χ2n) is 4.00. The molecule has 0 unspecified atom stereocenters. The molecule has 3 aromatic rings. The summed E-state index contributed by atoms with van der Waals surface area (Å²) >= 11 is 1.36. The van der Waals surface area contributed by atoms with E-state index in [9.17, 15) is 0 Å². The molecule has 2 heterocycles. The average Bonchev–Trinajstić information content (AvgIpc) is 2.96. The monoisotopic (exact) mass is 268 g/mol. The highest BCUT2D eigenvalue weighted by Gasteiger charge is 2.05. The molecule has 94 valence electrons. The molecule has 0 aliphatic rings. The number of aromatic nitrogens is 3. The van der Waals surface area contributed by atoms with Crippen LogP contribution in [-0.2, 0) is 6.54 Å². The molecule has 0 spiro atoms. The maximum atomic E-state index is 4.45. The molecule has 0 bridgehead atoms. The quantitative estimate of drug-likeness (QED) is 0.789. The molecule has 1 aromatic carbocycles. The van der Waals surface area contributed by atoms with Crippen LogP contribution in [0.2, 0.25) is 0 Å². The second-order valence-corrected chi connectivity index (χ2v) is 4.76. The SMILES string of the molecule is c1ccc(CNc2nc(-c3cccnc3)ns2)cc1. The fourth-order valence-electron chi connectivity index (χ4n) is 1.68. The van der Waals surface area contributed by atoms with Crippen molar-refractivity contribution in [1.29, 1.82) is 0 Å². The average molecular weight is 268 g/mol. The molecule has 0 saturated carbocycles. The molecule has 0 fully saturated rings. The third kappa shape index (κ3) is 2.95. The van der Waals surface area contributed by atoms with Crippen LogP contribution in [0.4, 0.5) is 5.13 Å². The first-order valence-corrected chi connectivity index (χ1v) is 6.71. The predicted octanol–water partition coefficient (Wildman–Crippen LogP) is 3.21. The minimum atomic E-state index is 0.716. The normalized spacial score (nSPS) is 10.3. The lowest BCUT2D eigenvalue weighted by Gasteiger charge is -2.01. The number of anilines is 1. The van der Waals surface area contributed by atoms with Gasteiger partial charge >= 0.3 is 0 Å². The van der Waals surface area contributed by atoms with Gasteiger partial charge in [-0.1, -0.05) is 30.3 Å². The maximum absolute atomic E-state index is 4.45. The van der Waals surface area contributed by atoms with E-state index in [2.05, 4.69) is 31.8 Å². The first kappa shape index (κ1) is 11.8. The standard InChI is InChI=1S/C14H12N4S/c1-2-5-11(6-3-1)9-16-14-17-13(18-19-14)12-7-4-8-15-10-12/h1-8,10H,9H2,(H,16,17,18). The smallest absolute Gasteiger partial charge is 0.203 e. The summed E-state index contributed by atoms with van der Waals surface area (Å²) in [5.41, 5.74) is 2.16. The Morgan fingerprint density at radius 1 is 1.05 bits per heavy atom. The van der Waals surface area contributed by atoms with Gasteiger partial charge in [0, 0.05) is 36.0 Å². The van der Waals surface area contributed by atoms with Crippen molar-refractivity contribution >= 4 is 16.7 Å². The number of nitrogens with zero attached hydrogens (tertiary/aromatic N) is 3. The molecule has 1 N–H and O–H groups in total. The molecule has 0 aliphatic heterocycles. The van der Waals surface area contributed by atoms with E-state index in [1.54, 1.807) is 12.4 Å². The lowest BCUT2D eigenvalue weighted by atomic mass is 10.2. The van der Waals surface area contributed by atoms with Gasteiger partial charge in [-0.2, -0.15) is 9.36 Å². The largest absolute Gasteiger partial charge is 0.356 e. The summed E-state index contributed by atoms with van der Waals surface area (Å²) < 4.78 is 4.33. The van der Waals surface area contributed by atoms with Crippen molar-refractivity contribution in [1.82, 2.24) is 14.3 Å². The molecule has 0 amide bonds. The highest BCUT2D eigenvalue weighted by molar-refractivity contribution is 7.09. The van der Waals surface area contributed by atoms with Crippen LogP contribution in [0, 0.1) is 0 Å². The summed E-state index contributed by atoms with van der Waals surface area (Å²) in [6.07, 6.45) is 3.51. The third-order valence-corrected chi connectivity index (χ3v) is 3.31. The van der Waals surface area contributed by atoms with E-state index in [-0.39, 0.29) is 0 Å². The second kappa shape index (κ2) is 5.58. The third-order valence-electron chi connectivity index (χ3n) is 2.63. The number of nitrogens with one attached hydrogen (secondary N) is 1. The summed E-state index contributed by atoms with van der Waals surface area (Å²) in [6.45, 7) is 0.752. The van der Waals surface area contributed by atoms with Crippen LogP contribution in [0.15, 0.2) is 54.9 Å². The summed E-state index contributed by atoms with van der Waals surface area (Å²) in [5, 5.41) is 4.10. The van der Waals surface area contributed by atoms with Crippen LogP contribution in [-0.4, -0.2) is 14.3 Å². The van der Waals surface area contributed by atoms with Crippen molar-refractivity contribution in [2.45, 2.75) is 6.54 Å². The summed E-state index contributed by atoms with van der Waals surface area (Å²) in [4.78, 5) is 8.52. The molecule has 0 aliphatic carbocycles. The zero-order valence-electron chi connectivity index (χ0n) is 10.2. The zero-order chi connectivity index (χ0) is 12.9. The Balaban J connectivity index is 1.69. The van der Waals surface area contributed by atoms with Gasteiger partial charge in [-0.3, -0.25) is 4.98 Å². The van der Waals surface area contributed by atoms with Crippen molar-refractivity contribution in [2.75, 3.05) is 5.32 Å². The molecule has 4 nitrogen and oxygen atoms in total. The number of rotatable bonds is 4. The van der Waals surface area contributed by atoms with Gasteiger partial charge in [0.1, 0.15) is 0 Å². The minimum absolute atomic E-state index is 0.716. The Kier molecular flexibility index (Phi) is 3.47. The first-order valence-electron chi connectivity index (χ1n) is 5.94. The van der Waals surface area contributed by atoms with Crippen molar-refractivity contribution in [2.24, 2.45) is 0 Å². The molecule has 3 rings (SSSR count). The van der Waals surface area contributed by atoms with Gasteiger partial charge in [-0.25, -0.2) is 0 Å². The maximum Gasteiger partial charge on any atom is 0.203 e. The van der Waals surface area contributed by atoms with E-state index in [0.29, 0.717) is 5.82 Å². The van der Waals surface area contributed by atoms with Crippen molar-refractivity contribution < 1.29 is 0 Å². The molecular weight excluding hydrogens is 256 g/mol. The molecule has 0 atom stereocenters. The van der Waals surface area contributed by atoms with Crippen LogP contribution in [0.25, 0.3) is 11.4 Å². The number of hydrogen-bond donors (Lipinski definition) is 1. The van der Waals surface area contributed by atoms with Gasteiger partial charge in [-0.05, 0) is 17.7 Å². The molecular formula is C14H12N4S. The van der Waals surface area contributed by atoms with Crippen LogP contribution in [0.5, 0.6) is 0 Å². The first-order chi connectivity index (χ1) is 9.42. The molecule has 2 aromatic heterocycles. The van der Waals surface area contributed by atoms with Gasteiger partial charge < -0.3 is 5.32 Å². The van der Waals surface area contributed by atoms with Crippen molar-refractivity contribution in [3.8, 4) is 11.4 Å². The van der Waals surface area contributed by atoms with E-state index in [0.717, 1.165) is 17.2 Å². The Hall–Kier alpha value is -2.27. The van der Waals surface area contributed by atoms with Crippen LogP contribution >= 0.6 is 11.5 Å². The highest BCUT2D eigenvalue weighted by Crippen LogP contribution is 2.20. The predicted molar refractivity (Wildman–Crippen MR) is 76.9 cm³/mol. The van der Waals surface area contributed by atoms with Gasteiger partial charge in [0.05, 0.1) is 0 Å². The van der Waals surface area contributed by atoms with Gasteiger partial charge in [0.25, 0.3) is 0 Å².